The second-order valence-electron chi connectivity index (χ2n) is 8.74. The number of sulfonamides is 1. The highest BCUT2D eigenvalue weighted by Crippen LogP contribution is 2.38. The Labute approximate surface area is 225 Å². The van der Waals surface area contributed by atoms with E-state index in [1.807, 2.05) is 19.9 Å². The summed E-state index contributed by atoms with van der Waals surface area (Å²) in [4.78, 5) is 13.0. The molecular formula is C27H28ClF3N2O4S. The van der Waals surface area contributed by atoms with Crippen LogP contribution in [0.2, 0.25) is 5.02 Å². The zero-order valence-electron chi connectivity index (χ0n) is 21.3. The van der Waals surface area contributed by atoms with Gasteiger partial charge in [0, 0.05) is 0 Å². The number of methoxy groups -OCH3 is 1. The number of rotatable bonds is 9. The molecule has 38 heavy (non-hydrogen) atoms. The first-order valence-electron chi connectivity index (χ1n) is 11.7. The molecule has 0 saturated carbocycles. The number of alkyl halides is 3. The topological polar surface area (TPSA) is 75.7 Å². The van der Waals surface area contributed by atoms with Crippen LogP contribution in [0.1, 0.15) is 41.6 Å². The Hall–Kier alpha value is -3.24. The number of halogens is 4. The van der Waals surface area contributed by atoms with Crippen molar-refractivity contribution in [2.45, 2.75) is 44.3 Å². The van der Waals surface area contributed by atoms with Gasteiger partial charge in [0.2, 0.25) is 5.91 Å². The number of ether oxygens (including phenoxy) is 1. The Morgan fingerprint density at radius 3 is 2.26 bits per heavy atom. The molecule has 0 bridgehead atoms. The van der Waals surface area contributed by atoms with Crippen molar-refractivity contribution in [1.82, 2.24) is 5.32 Å². The summed E-state index contributed by atoms with van der Waals surface area (Å²) in [5, 5.41) is 2.22. The van der Waals surface area contributed by atoms with Gasteiger partial charge in [-0.1, -0.05) is 48.4 Å². The lowest BCUT2D eigenvalue weighted by molar-refractivity contribution is -0.137. The van der Waals surface area contributed by atoms with Crippen molar-refractivity contribution >= 4 is 33.2 Å². The first-order valence-corrected chi connectivity index (χ1v) is 13.5. The summed E-state index contributed by atoms with van der Waals surface area (Å²) in [6.45, 7) is 4.72. The maximum absolute atomic E-state index is 13.6. The summed E-state index contributed by atoms with van der Waals surface area (Å²) in [6, 6.07) is 13.5. The van der Waals surface area contributed by atoms with E-state index in [1.54, 1.807) is 38.3 Å². The van der Waals surface area contributed by atoms with Crippen LogP contribution < -0.4 is 14.4 Å². The van der Waals surface area contributed by atoms with Gasteiger partial charge in [0.25, 0.3) is 10.0 Å². The van der Waals surface area contributed by atoms with E-state index in [1.165, 1.54) is 12.1 Å². The number of nitrogens with zero attached hydrogens (tertiary/aromatic N) is 1. The van der Waals surface area contributed by atoms with Gasteiger partial charge in [-0.2, -0.15) is 13.2 Å². The minimum Gasteiger partial charge on any atom is -0.496 e. The van der Waals surface area contributed by atoms with Gasteiger partial charge in [0.1, 0.15) is 12.3 Å². The van der Waals surface area contributed by atoms with Gasteiger partial charge >= 0.3 is 6.18 Å². The zero-order chi connectivity index (χ0) is 28.3. The van der Waals surface area contributed by atoms with E-state index >= 15 is 0 Å². The molecule has 1 atom stereocenters. The monoisotopic (exact) mass is 568 g/mol. The van der Waals surface area contributed by atoms with E-state index in [4.69, 9.17) is 16.3 Å². The summed E-state index contributed by atoms with van der Waals surface area (Å²) in [6.07, 6.45) is -4.34. The molecule has 1 amide bonds. The van der Waals surface area contributed by atoms with Crippen LogP contribution in [0.4, 0.5) is 18.9 Å². The van der Waals surface area contributed by atoms with Gasteiger partial charge in [-0.05, 0) is 67.8 Å². The third kappa shape index (κ3) is 6.60. The summed E-state index contributed by atoms with van der Waals surface area (Å²) >= 11 is 5.75. The van der Waals surface area contributed by atoms with Gasteiger partial charge < -0.3 is 10.1 Å². The van der Waals surface area contributed by atoms with Crippen molar-refractivity contribution in [2.75, 3.05) is 18.0 Å². The van der Waals surface area contributed by atoms with Crippen molar-refractivity contribution in [3.05, 3.63) is 87.9 Å². The van der Waals surface area contributed by atoms with E-state index in [9.17, 15) is 26.4 Å². The van der Waals surface area contributed by atoms with Crippen molar-refractivity contribution in [1.29, 1.82) is 0 Å². The fraction of sp³-hybridized carbons (Fsp3) is 0.296. The van der Waals surface area contributed by atoms with Crippen molar-refractivity contribution in [3.8, 4) is 5.75 Å². The Kier molecular flexibility index (Phi) is 8.99. The lowest BCUT2D eigenvalue weighted by atomic mass is 10.0. The van der Waals surface area contributed by atoms with Crippen LogP contribution >= 0.6 is 11.6 Å². The highest BCUT2D eigenvalue weighted by molar-refractivity contribution is 7.92. The Balaban J connectivity index is 2.00. The number of hydrogen-bond acceptors (Lipinski definition) is 4. The van der Waals surface area contributed by atoms with Crippen LogP contribution in [0.3, 0.4) is 0 Å². The highest BCUT2D eigenvalue weighted by Gasteiger charge is 2.35. The minimum atomic E-state index is -4.83. The smallest absolute Gasteiger partial charge is 0.417 e. The molecule has 0 aliphatic rings. The quantitative estimate of drug-likeness (QED) is 0.322. The Bertz CT molecular complexity index is 1410. The number of amides is 1. The number of aryl methyl sites for hydroxylation is 2. The van der Waals surface area contributed by atoms with Crippen molar-refractivity contribution in [2.24, 2.45) is 0 Å². The second kappa shape index (κ2) is 11.7. The summed E-state index contributed by atoms with van der Waals surface area (Å²) < 4.78 is 73.8. The lowest BCUT2D eigenvalue weighted by Crippen LogP contribution is -2.42. The van der Waals surface area contributed by atoms with E-state index in [-0.39, 0.29) is 10.6 Å². The van der Waals surface area contributed by atoms with Crippen LogP contribution in [0, 0.1) is 13.8 Å². The van der Waals surface area contributed by atoms with E-state index in [0.717, 1.165) is 28.8 Å². The maximum Gasteiger partial charge on any atom is 0.417 e. The minimum absolute atomic E-state index is 0.169. The Morgan fingerprint density at radius 2 is 1.71 bits per heavy atom. The molecule has 0 aliphatic carbocycles. The number of hydrogen-bond donors (Lipinski definition) is 1. The standard InChI is InChI=1S/C27H28ClF3N2O4S/c1-5-24(19-8-13-25(37-4)18(3)14-19)32-26(34)16-33(38(35,36)21-10-6-17(2)7-11-21)20-9-12-23(28)22(15-20)27(29,30)31/h6-15,24H,5,16H2,1-4H3,(H,32,34). The molecule has 0 spiro atoms. The van der Waals surface area contributed by atoms with Crippen LogP contribution in [0.5, 0.6) is 5.75 Å². The number of carbonyl (C=O) groups is 1. The summed E-state index contributed by atoms with van der Waals surface area (Å²) in [5.74, 6) is -0.0157. The molecular weight excluding hydrogens is 541 g/mol. The SMILES string of the molecule is CCC(NC(=O)CN(c1ccc(Cl)c(C(F)(F)F)c1)S(=O)(=O)c1ccc(C)cc1)c1ccc(OC)c(C)c1. The highest BCUT2D eigenvalue weighted by atomic mass is 35.5. The fourth-order valence-corrected chi connectivity index (χ4v) is 5.59. The van der Waals surface area contributed by atoms with Gasteiger partial charge in [-0.15, -0.1) is 0 Å². The molecule has 11 heteroatoms. The summed E-state index contributed by atoms with van der Waals surface area (Å²) in [7, 11) is -2.87. The second-order valence-corrected chi connectivity index (χ2v) is 11.0. The molecule has 0 radical (unpaired) electrons. The lowest BCUT2D eigenvalue weighted by Gasteiger charge is -2.26. The number of carbonyl (C=O) groups excluding carboxylic acids is 1. The van der Waals surface area contributed by atoms with E-state index in [2.05, 4.69) is 5.32 Å². The van der Waals surface area contributed by atoms with Gasteiger partial charge in [-0.3, -0.25) is 9.10 Å². The predicted octanol–water partition coefficient (Wildman–Crippen LogP) is 6.45. The number of benzene rings is 3. The third-order valence-electron chi connectivity index (χ3n) is 6.00. The summed E-state index contributed by atoms with van der Waals surface area (Å²) in [5.41, 5.74) is 0.867. The first-order chi connectivity index (χ1) is 17.8. The predicted molar refractivity (Wildman–Crippen MR) is 141 cm³/mol. The van der Waals surface area contributed by atoms with Gasteiger partial charge in [-0.25, -0.2) is 8.42 Å². The largest absolute Gasteiger partial charge is 0.496 e. The molecule has 6 nitrogen and oxygen atoms in total. The fourth-order valence-electron chi connectivity index (χ4n) is 3.95. The zero-order valence-corrected chi connectivity index (χ0v) is 22.8. The average Bonchev–Trinajstić information content (AvgIpc) is 2.85. The van der Waals surface area contributed by atoms with Crippen LogP contribution in [0.25, 0.3) is 0 Å². The van der Waals surface area contributed by atoms with Crippen LogP contribution in [-0.4, -0.2) is 28.0 Å². The number of nitrogens with one attached hydrogen (secondary N) is 1. The van der Waals surface area contributed by atoms with Crippen molar-refractivity contribution < 1.29 is 31.1 Å². The van der Waals surface area contributed by atoms with Crippen molar-refractivity contribution in [3.63, 3.8) is 0 Å². The van der Waals surface area contributed by atoms with Crippen LogP contribution in [-0.2, 0) is 21.0 Å². The average molecular weight is 569 g/mol. The van der Waals surface area contributed by atoms with E-state index < -0.39 is 45.3 Å². The van der Waals surface area contributed by atoms with E-state index in [0.29, 0.717) is 22.5 Å². The molecule has 0 aromatic heterocycles. The molecule has 1 N–H and O–H groups in total. The molecule has 204 valence electrons. The molecule has 0 saturated heterocycles. The molecule has 3 aromatic carbocycles. The molecule has 0 aliphatic heterocycles. The molecule has 1 unspecified atom stereocenters. The number of anilines is 1. The third-order valence-corrected chi connectivity index (χ3v) is 8.12. The van der Waals surface area contributed by atoms with Gasteiger partial charge in [0.15, 0.2) is 0 Å². The maximum atomic E-state index is 13.6. The molecule has 3 rings (SSSR count). The molecule has 0 fully saturated rings. The molecule has 0 heterocycles. The first kappa shape index (κ1) is 29.3. The van der Waals surface area contributed by atoms with Crippen LogP contribution in [0.15, 0.2) is 65.6 Å². The Morgan fingerprint density at radius 1 is 1.05 bits per heavy atom. The normalized spacial score (nSPS) is 12.6. The van der Waals surface area contributed by atoms with Gasteiger partial charge in [0.05, 0.1) is 34.3 Å². The molecule has 3 aromatic rings.